The third-order valence-corrected chi connectivity index (χ3v) is 2.89. The molecule has 2 aromatic rings. The standard InChI is InChI=1S/C13H15FN4O/c1-18-9(6-8-17-18)5-7-16-13(19)10-3-2-4-11(14)12(10)15/h2-4,6,8H,5,7,15H2,1H3,(H,16,19). The van der Waals surface area contributed by atoms with E-state index in [1.165, 1.54) is 18.2 Å². The highest BCUT2D eigenvalue weighted by molar-refractivity contribution is 5.99. The molecule has 0 aliphatic rings. The smallest absolute Gasteiger partial charge is 0.253 e. The maximum Gasteiger partial charge on any atom is 0.253 e. The summed E-state index contributed by atoms with van der Waals surface area (Å²) in [7, 11) is 1.84. The van der Waals surface area contributed by atoms with Crippen LogP contribution < -0.4 is 11.1 Å². The molecule has 0 aliphatic carbocycles. The molecule has 0 atom stereocenters. The van der Waals surface area contributed by atoms with Crippen LogP contribution in [0.4, 0.5) is 10.1 Å². The van der Waals surface area contributed by atoms with Crippen molar-refractivity contribution in [2.24, 2.45) is 7.05 Å². The number of para-hydroxylation sites is 1. The molecule has 0 saturated carbocycles. The number of nitrogens with zero attached hydrogens (tertiary/aromatic N) is 2. The number of anilines is 1. The molecule has 19 heavy (non-hydrogen) atoms. The Morgan fingerprint density at radius 1 is 1.47 bits per heavy atom. The first-order chi connectivity index (χ1) is 9.09. The number of halogens is 1. The molecule has 0 saturated heterocycles. The second-order valence-electron chi connectivity index (χ2n) is 4.15. The zero-order valence-electron chi connectivity index (χ0n) is 10.6. The third kappa shape index (κ3) is 2.90. The van der Waals surface area contributed by atoms with Gasteiger partial charge in [0.1, 0.15) is 5.82 Å². The predicted octanol–water partition coefficient (Wildman–Crippen LogP) is 1.11. The van der Waals surface area contributed by atoms with Crippen LogP contribution in [-0.2, 0) is 13.5 Å². The molecule has 6 heteroatoms. The van der Waals surface area contributed by atoms with E-state index < -0.39 is 5.82 Å². The van der Waals surface area contributed by atoms with Gasteiger partial charge in [-0.2, -0.15) is 5.10 Å². The molecule has 0 spiro atoms. The number of carbonyl (C=O) groups excluding carboxylic acids is 1. The van der Waals surface area contributed by atoms with Gasteiger partial charge < -0.3 is 11.1 Å². The number of rotatable bonds is 4. The third-order valence-electron chi connectivity index (χ3n) is 2.89. The van der Waals surface area contributed by atoms with Gasteiger partial charge in [-0.15, -0.1) is 0 Å². The molecule has 5 nitrogen and oxygen atoms in total. The Kier molecular flexibility index (Phi) is 3.79. The molecule has 1 aromatic heterocycles. The highest BCUT2D eigenvalue weighted by Crippen LogP contribution is 2.15. The van der Waals surface area contributed by atoms with Crippen LogP contribution in [0, 0.1) is 5.82 Å². The number of aryl methyl sites for hydroxylation is 1. The zero-order valence-corrected chi connectivity index (χ0v) is 10.6. The van der Waals surface area contributed by atoms with Gasteiger partial charge in [0.05, 0.1) is 11.3 Å². The van der Waals surface area contributed by atoms with Crippen molar-refractivity contribution in [1.29, 1.82) is 0 Å². The summed E-state index contributed by atoms with van der Waals surface area (Å²) in [6.07, 6.45) is 2.35. The molecule has 2 rings (SSSR count). The van der Waals surface area contributed by atoms with Crippen molar-refractivity contribution in [3.8, 4) is 0 Å². The number of hydrogen-bond acceptors (Lipinski definition) is 3. The Morgan fingerprint density at radius 2 is 2.26 bits per heavy atom. The summed E-state index contributed by atoms with van der Waals surface area (Å²) < 4.78 is 15.0. The van der Waals surface area contributed by atoms with Gasteiger partial charge in [-0.1, -0.05) is 6.07 Å². The number of nitrogen functional groups attached to an aromatic ring is 1. The van der Waals surface area contributed by atoms with E-state index in [0.717, 1.165) is 5.69 Å². The normalized spacial score (nSPS) is 10.4. The van der Waals surface area contributed by atoms with Crippen molar-refractivity contribution < 1.29 is 9.18 Å². The van der Waals surface area contributed by atoms with E-state index in [-0.39, 0.29) is 17.2 Å². The van der Waals surface area contributed by atoms with Gasteiger partial charge in [0.25, 0.3) is 5.91 Å². The molecular weight excluding hydrogens is 247 g/mol. The lowest BCUT2D eigenvalue weighted by molar-refractivity contribution is 0.0954. The van der Waals surface area contributed by atoms with Crippen LogP contribution >= 0.6 is 0 Å². The lowest BCUT2D eigenvalue weighted by Crippen LogP contribution is -2.27. The lowest BCUT2D eigenvalue weighted by Gasteiger charge is -2.08. The second kappa shape index (κ2) is 5.51. The van der Waals surface area contributed by atoms with Crippen LogP contribution in [0.3, 0.4) is 0 Å². The lowest BCUT2D eigenvalue weighted by atomic mass is 10.1. The van der Waals surface area contributed by atoms with Gasteiger partial charge >= 0.3 is 0 Å². The Labute approximate surface area is 110 Å². The number of carbonyl (C=O) groups is 1. The molecule has 0 unspecified atom stereocenters. The first-order valence-corrected chi connectivity index (χ1v) is 5.88. The first kappa shape index (κ1) is 13.1. The maximum absolute atomic E-state index is 13.2. The van der Waals surface area contributed by atoms with Crippen LogP contribution in [-0.4, -0.2) is 22.2 Å². The molecule has 0 radical (unpaired) electrons. The van der Waals surface area contributed by atoms with E-state index >= 15 is 0 Å². The Hall–Kier alpha value is -2.37. The van der Waals surface area contributed by atoms with Gasteiger partial charge in [-0.25, -0.2) is 4.39 Å². The monoisotopic (exact) mass is 262 g/mol. The molecule has 1 aromatic carbocycles. The molecule has 1 heterocycles. The minimum atomic E-state index is -0.584. The summed E-state index contributed by atoms with van der Waals surface area (Å²) in [6.45, 7) is 0.439. The molecule has 0 aliphatic heterocycles. The average molecular weight is 262 g/mol. The summed E-state index contributed by atoms with van der Waals surface area (Å²) in [5, 5.41) is 6.74. The molecule has 100 valence electrons. The van der Waals surface area contributed by atoms with Gasteiger partial charge in [0.15, 0.2) is 0 Å². The topological polar surface area (TPSA) is 72.9 Å². The fraction of sp³-hybridized carbons (Fsp3) is 0.231. The number of nitrogens with two attached hydrogens (primary N) is 1. The first-order valence-electron chi connectivity index (χ1n) is 5.88. The van der Waals surface area contributed by atoms with E-state index in [9.17, 15) is 9.18 Å². The van der Waals surface area contributed by atoms with Gasteiger partial charge in [-0.05, 0) is 18.2 Å². The van der Waals surface area contributed by atoms with Crippen LogP contribution in [0.2, 0.25) is 0 Å². The van der Waals surface area contributed by atoms with Crippen LogP contribution in [0.1, 0.15) is 16.1 Å². The maximum atomic E-state index is 13.2. The van der Waals surface area contributed by atoms with E-state index in [1.54, 1.807) is 10.9 Å². The minimum Gasteiger partial charge on any atom is -0.396 e. The van der Waals surface area contributed by atoms with Gasteiger partial charge in [0, 0.05) is 31.9 Å². The van der Waals surface area contributed by atoms with E-state index in [1.807, 2.05) is 13.1 Å². The van der Waals surface area contributed by atoms with Crippen LogP contribution in [0.25, 0.3) is 0 Å². The number of benzene rings is 1. The summed E-state index contributed by atoms with van der Waals surface area (Å²) >= 11 is 0. The van der Waals surface area contributed by atoms with Crippen molar-refractivity contribution in [3.05, 3.63) is 47.5 Å². The highest BCUT2D eigenvalue weighted by Gasteiger charge is 2.12. The van der Waals surface area contributed by atoms with E-state index in [4.69, 9.17) is 5.73 Å². The second-order valence-corrected chi connectivity index (χ2v) is 4.15. The van der Waals surface area contributed by atoms with Crippen LogP contribution in [0.5, 0.6) is 0 Å². The fourth-order valence-corrected chi connectivity index (χ4v) is 1.78. The summed E-state index contributed by atoms with van der Waals surface area (Å²) in [5.74, 6) is -0.960. The Bertz CT molecular complexity index is 594. The average Bonchev–Trinajstić information content (AvgIpc) is 2.78. The Balaban J connectivity index is 1.95. The predicted molar refractivity (Wildman–Crippen MR) is 70.1 cm³/mol. The number of nitrogens with one attached hydrogen (secondary N) is 1. The summed E-state index contributed by atoms with van der Waals surface area (Å²) in [6, 6.07) is 6.06. The van der Waals surface area contributed by atoms with Crippen molar-refractivity contribution in [3.63, 3.8) is 0 Å². The molecular formula is C13H15FN4O. The molecule has 0 fully saturated rings. The Morgan fingerprint density at radius 3 is 2.95 bits per heavy atom. The minimum absolute atomic E-state index is 0.125. The number of aromatic nitrogens is 2. The largest absolute Gasteiger partial charge is 0.396 e. The van der Waals surface area contributed by atoms with Crippen molar-refractivity contribution >= 4 is 11.6 Å². The van der Waals surface area contributed by atoms with Gasteiger partial charge in [0.2, 0.25) is 0 Å². The molecule has 0 bridgehead atoms. The highest BCUT2D eigenvalue weighted by atomic mass is 19.1. The van der Waals surface area contributed by atoms with Crippen molar-refractivity contribution in [1.82, 2.24) is 15.1 Å². The zero-order chi connectivity index (χ0) is 13.8. The van der Waals surface area contributed by atoms with E-state index in [0.29, 0.717) is 13.0 Å². The quantitative estimate of drug-likeness (QED) is 0.811. The fourth-order valence-electron chi connectivity index (χ4n) is 1.78. The van der Waals surface area contributed by atoms with Crippen molar-refractivity contribution in [2.75, 3.05) is 12.3 Å². The van der Waals surface area contributed by atoms with Crippen LogP contribution in [0.15, 0.2) is 30.5 Å². The number of hydrogen-bond donors (Lipinski definition) is 2. The van der Waals surface area contributed by atoms with E-state index in [2.05, 4.69) is 10.4 Å². The van der Waals surface area contributed by atoms with Gasteiger partial charge in [-0.3, -0.25) is 9.48 Å². The molecule has 1 amide bonds. The summed E-state index contributed by atoms with van der Waals surface area (Å²) in [5.41, 5.74) is 6.56. The molecule has 3 N–H and O–H groups in total. The number of amides is 1. The van der Waals surface area contributed by atoms with Crippen molar-refractivity contribution in [2.45, 2.75) is 6.42 Å². The summed E-state index contributed by atoms with van der Waals surface area (Å²) in [4.78, 5) is 11.9. The SMILES string of the molecule is Cn1nccc1CCNC(=O)c1cccc(F)c1N.